The Hall–Kier alpha value is -0.820. The summed E-state index contributed by atoms with van der Waals surface area (Å²) >= 11 is 0. The first-order valence-electron chi connectivity index (χ1n) is 5.35. The first kappa shape index (κ1) is 17.2. The maximum absolute atomic E-state index is 11.9. The van der Waals surface area contributed by atoms with E-state index in [-0.39, 0.29) is 17.3 Å². The van der Waals surface area contributed by atoms with Crippen molar-refractivity contribution in [1.29, 1.82) is 0 Å². The molecule has 0 saturated carbocycles. The number of methoxy groups -OCH3 is 1. The van der Waals surface area contributed by atoms with E-state index in [2.05, 4.69) is 4.72 Å². The molecule has 0 spiro atoms. The fourth-order valence-electron chi connectivity index (χ4n) is 1.44. The maximum Gasteiger partial charge on any atom is 0.240 e. The highest BCUT2D eigenvalue weighted by Gasteiger charge is 2.16. The Morgan fingerprint density at radius 1 is 1.39 bits per heavy atom. The quantitative estimate of drug-likeness (QED) is 0.769. The molecule has 0 heterocycles. The van der Waals surface area contributed by atoms with E-state index in [0.717, 1.165) is 0 Å². The Labute approximate surface area is 114 Å². The van der Waals surface area contributed by atoms with Crippen LogP contribution in [0.3, 0.4) is 0 Å². The van der Waals surface area contributed by atoms with E-state index < -0.39 is 10.0 Å². The highest BCUT2D eigenvalue weighted by molar-refractivity contribution is 7.89. The van der Waals surface area contributed by atoms with Gasteiger partial charge in [-0.05, 0) is 43.7 Å². The molecule has 104 valence electrons. The standard InChI is InChI=1S/C11H18N2O3S.ClH/c1-9-8-10(16-2)4-5-11(9)17(14,15)13-7-3-6-12;/h4-5,8,13H,3,6-7,12H2,1-2H3;1H. The molecule has 0 unspecified atom stereocenters. The molecule has 1 rings (SSSR count). The number of nitrogens with one attached hydrogen (secondary N) is 1. The van der Waals surface area contributed by atoms with E-state index in [0.29, 0.717) is 30.8 Å². The second-order valence-electron chi connectivity index (χ2n) is 3.67. The van der Waals surface area contributed by atoms with Crippen LogP contribution >= 0.6 is 12.4 Å². The number of halogens is 1. The number of ether oxygens (including phenoxy) is 1. The molecule has 0 aliphatic heterocycles. The monoisotopic (exact) mass is 294 g/mol. The van der Waals surface area contributed by atoms with E-state index in [4.69, 9.17) is 10.5 Å². The predicted octanol–water partition coefficient (Wildman–Crippen LogP) is 1.05. The third-order valence-electron chi connectivity index (χ3n) is 2.34. The first-order chi connectivity index (χ1) is 8.01. The van der Waals surface area contributed by atoms with Gasteiger partial charge in [0, 0.05) is 6.54 Å². The Balaban J connectivity index is 0.00000289. The van der Waals surface area contributed by atoms with Crippen molar-refractivity contribution in [3.8, 4) is 5.75 Å². The van der Waals surface area contributed by atoms with E-state index in [9.17, 15) is 8.42 Å². The van der Waals surface area contributed by atoms with Crippen molar-refractivity contribution in [2.24, 2.45) is 5.73 Å². The molecule has 7 heteroatoms. The minimum absolute atomic E-state index is 0. The summed E-state index contributed by atoms with van der Waals surface area (Å²) in [5.41, 5.74) is 5.97. The Morgan fingerprint density at radius 3 is 2.56 bits per heavy atom. The van der Waals surface area contributed by atoms with Gasteiger partial charge in [-0.2, -0.15) is 0 Å². The number of benzene rings is 1. The Morgan fingerprint density at radius 2 is 2.06 bits per heavy atom. The second kappa shape index (κ2) is 7.58. The topological polar surface area (TPSA) is 81.4 Å². The van der Waals surface area contributed by atoms with Gasteiger partial charge in [-0.1, -0.05) is 0 Å². The molecule has 0 amide bonds. The zero-order valence-corrected chi connectivity index (χ0v) is 12.1. The van der Waals surface area contributed by atoms with Crippen LogP contribution in [0.2, 0.25) is 0 Å². The summed E-state index contributed by atoms with van der Waals surface area (Å²) in [5, 5.41) is 0. The zero-order valence-electron chi connectivity index (χ0n) is 10.5. The molecular formula is C11H19ClN2O3S. The van der Waals surface area contributed by atoms with Gasteiger partial charge in [-0.15, -0.1) is 12.4 Å². The van der Waals surface area contributed by atoms with Gasteiger partial charge in [-0.3, -0.25) is 0 Å². The normalized spacial score (nSPS) is 10.8. The van der Waals surface area contributed by atoms with Gasteiger partial charge in [-0.25, -0.2) is 13.1 Å². The van der Waals surface area contributed by atoms with Crippen molar-refractivity contribution in [3.05, 3.63) is 23.8 Å². The van der Waals surface area contributed by atoms with Crippen LogP contribution in [0.5, 0.6) is 5.75 Å². The van der Waals surface area contributed by atoms with Crippen LogP contribution in [0.25, 0.3) is 0 Å². The zero-order chi connectivity index (χ0) is 12.9. The summed E-state index contributed by atoms with van der Waals surface area (Å²) < 4.78 is 31.4. The van der Waals surface area contributed by atoms with Crippen molar-refractivity contribution >= 4 is 22.4 Å². The minimum Gasteiger partial charge on any atom is -0.497 e. The van der Waals surface area contributed by atoms with Gasteiger partial charge in [0.15, 0.2) is 0 Å². The molecule has 0 aromatic heterocycles. The fourth-order valence-corrected chi connectivity index (χ4v) is 2.74. The van der Waals surface area contributed by atoms with Crippen LogP contribution in [0, 0.1) is 6.92 Å². The van der Waals surface area contributed by atoms with Crippen LogP contribution in [0.1, 0.15) is 12.0 Å². The molecule has 18 heavy (non-hydrogen) atoms. The van der Waals surface area contributed by atoms with E-state index in [1.165, 1.54) is 0 Å². The van der Waals surface area contributed by atoms with Crippen molar-refractivity contribution in [3.63, 3.8) is 0 Å². The van der Waals surface area contributed by atoms with Crippen LogP contribution in [0.15, 0.2) is 23.1 Å². The van der Waals surface area contributed by atoms with E-state index >= 15 is 0 Å². The second-order valence-corrected chi connectivity index (χ2v) is 5.41. The van der Waals surface area contributed by atoms with Crippen molar-refractivity contribution in [2.45, 2.75) is 18.2 Å². The molecule has 1 aromatic rings. The summed E-state index contributed by atoms with van der Waals surface area (Å²) in [4.78, 5) is 0.273. The fraction of sp³-hybridized carbons (Fsp3) is 0.455. The Kier molecular flexibility index (Phi) is 7.23. The summed E-state index contributed by atoms with van der Waals surface area (Å²) in [7, 11) is -1.91. The summed E-state index contributed by atoms with van der Waals surface area (Å²) in [5.74, 6) is 0.642. The molecule has 0 saturated heterocycles. The first-order valence-corrected chi connectivity index (χ1v) is 6.84. The summed E-state index contributed by atoms with van der Waals surface area (Å²) in [6.45, 7) is 2.55. The number of hydrogen-bond donors (Lipinski definition) is 2. The lowest BCUT2D eigenvalue weighted by atomic mass is 10.2. The largest absolute Gasteiger partial charge is 0.497 e. The summed E-state index contributed by atoms with van der Waals surface area (Å²) in [6.07, 6.45) is 0.619. The highest BCUT2D eigenvalue weighted by Crippen LogP contribution is 2.20. The SMILES string of the molecule is COc1ccc(S(=O)(=O)NCCCN)c(C)c1.Cl. The van der Waals surface area contributed by atoms with Crippen molar-refractivity contribution < 1.29 is 13.2 Å². The molecule has 0 aliphatic carbocycles. The lowest BCUT2D eigenvalue weighted by Gasteiger charge is -2.10. The summed E-state index contributed by atoms with van der Waals surface area (Å²) in [6, 6.07) is 4.86. The molecule has 0 aliphatic rings. The molecule has 3 N–H and O–H groups in total. The third kappa shape index (κ3) is 4.45. The van der Waals surface area contributed by atoms with Gasteiger partial charge >= 0.3 is 0 Å². The molecular weight excluding hydrogens is 276 g/mol. The third-order valence-corrected chi connectivity index (χ3v) is 3.97. The molecule has 0 atom stereocenters. The van der Waals surface area contributed by atoms with Crippen LogP contribution < -0.4 is 15.2 Å². The van der Waals surface area contributed by atoms with Crippen molar-refractivity contribution in [2.75, 3.05) is 20.2 Å². The molecule has 5 nitrogen and oxygen atoms in total. The van der Waals surface area contributed by atoms with Crippen LogP contribution in [0.4, 0.5) is 0 Å². The molecule has 0 bridgehead atoms. The van der Waals surface area contributed by atoms with Gasteiger partial charge in [0.25, 0.3) is 0 Å². The number of hydrogen-bond acceptors (Lipinski definition) is 4. The van der Waals surface area contributed by atoms with E-state index in [1.807, 2.05) is 0 Å². The highest BCUT2D eigenvalue weighted by atomic mass is 35.5. The number of aryl methyl sites for hydroxylation is 1. The smallest absolute Gasteiger partial charge is 0.240 e. The van der Waals surface area contributed by atoms with Gasteiger partial charge < -0.3 is 10.5 Å². The van der Waals surface area contributed by atoms with Crippen molar-refractivity contribution in [1.82, 2.24) is 4.72 Å². The maximum atomic E-state index is 11.9. The molecule has 1 aromatic carbocycles. The molecule has 0 fully saturated rings. The van der Waals surface area contributed by atoms with Crippen LogP contribution in [-0.2, 0) is 10.0 Å². The number of nitrogens with two attached hydrogens (primary N) is 1. The lowest BCUT2D eigenvalue weighted by Crippen LogP contribution is -2.26. The van der Waals surface area contributed by atoms with Gasteiger partial charge in [0.05, 0.1) is 12.0 Å². The average molecular weight is 295 g/mol. The van der Waals surface area contributed by atoms with Gasteiger partial charge in [0.2, 0.25) is 10.0 Å². The lowest BCUT2D eigenvalue weighted by molar-refractivity contribution is 0.414. The predicted molar refractivity (Wildman–Crippen MR) is 73.8 cm³/mol. The minimum atomic E-state index is -3.45. The average Bonchev–Trinajstić information content (AvgIpc) is 2.28. The van der Waals surface area contributed by atoms with E-state index in [1.54, 1.807) is 32.2 Å². The number of sulfonamides is 1. The molecule has 0 radical (unpaired) electrons. The number of rotatable bonds is 6. The van der Waals surface area contributed by atoms with Gasteiger partial charge in [0.1, 0.15) is 5.75 Å². The Bertz CT molecular complexity index is 477. The van der Waals surface area contributed by atoms with Crippen LogP contribution in [-0.4, -0.2) is 28.6 Å².